The van der Waals surface area contributed by atoms with Crippen molar-refractivity contribution in [3.63, 3.8) is 0 Å². The predicted molar refractivity (Wildman–Crippen MR) is 109 cm³/mol. The molecule has 9 nitrogen and oxygen atoms in total. The largest absolute Gasteiger partial charge is 0.480 e. The van der Waals surface area contributed by atoms with E-state index in [-0.39, 0.29) is 12.3 Å². The lowest BCUT2D eigenvalue weighted by molar-refractivity contribution is -0.116. The van der Waals surface area contributed by atoms with Crippen LogP contribution >= 0.6 is 0 Å². The van der Waals surface area contributed by atoms with Gasteiger partial charge >= 0.3 is 0 Å². The first kappa shape index (κ1) is 18.9. The van der Waals surface area contributed by atoms with Crippen molar-refractivity contribution in [2.24, 2.45) is 5.92 Å². The molecular formula is C20H23N7O2. The molecule has 29 heavy (non-hydrogen) atoms. The number of rotatable bonds is 7. The van der Waals surface area contributed by atoms with Crippen molar-refractivity contribution >= 4 is 28.3 Å². The van der Waals surface area contributed by atoms with Crippen LogP contribution < -0.4 is 10.1 Å². The van der Waals surface area contributed by atoms with E-state index in [0.717, 1.165) is 29.0 Å². The molecular weight excluding hydrogens is 370 g/mol. The second-order valence-electron chi connectivity index (χ2n) is 7.32. The van der Waals surface area contributed by atoms with E-state index in [0.29, 0.717) is 29.7 Å². The molecule has 0 radical (unpaired) electrons. The minimum Gasteiger partial charge on any atom is -0.480 e. The molecule has 1 amide bonds. The number of hydrogen-bond donors (Lipinski definition) is 2. The van der Waals surface area contributed by atoms with Gasteiger partial charge in [-0.25, -0.2) is 4.98 Å². The highest BCUT2D eigenvalue weighted by Crippen LogP contribution is 2.19. The molecule has 0 saturated carbocycles. The maximum absolute atomic E-state index is 12.4. The van der Waals surface area contributed by atoms with E-state index in [2.05, 4.69) is 44.4 Å². The summed E-state index contributed by atoms with van der Waals surface area (Å²) in [7, 11) is 1.55. The molecule has 0 aliphatic rings. The summed E-state index contributed by atoms with van der Waals surface area (Å²) in [4.78, 5) is 20.3. The van der Waals surface area contributed by atoms with E-state index in [9.17, 15) is 4.79 Å². The number of amides is 1. The van der Waals surface area contributed by atoms with Gasteiger partial charge in [0.25, 0.3) is 0 Å². The molecule has 4 rings (SSSR count). The number of carbonyl (C=O) groups is 1. The average Bonchev–Trinajstić information content (AvgIpc) is 3.28. The number of aromatic nitrogens is 6. The molecule has 0 unspecified atom stereocenters. The summed E-state index contributed by atoms with van der Waals surface area (Å²) in [5.41, 5.74) is 3.16. The third-order valence-electron chi connectivity index (χ3n) is 4.50. The number of H-pyrrole nitrogens is 1. The summed E-state index contributed by atoms with van der Waals surface area (Å²) in [5, 5.41) is 15.4. The van der Waals surface area contributed by atoms with Gasteiger partial charge in [-0.15, -0.1) is 15.3 Å². The van der Waals surface area contributed by atoms with Gasteiger partial charge in [0.15, 0.2) is 11.5 Å². The minimum atomic E-state index is -0.106. The Hall–Kier alpha value is -3.49. The third-order valence-corrected chi connectivity index (χ3v) is 4.50. The Morgan fingerprint density at radius 1 is 1.24 bits per heavy atom. The highest BCUT2D eigenvalue weighted by atomic mass is 16.5. The van der Waals surface area contributed by atoms with Gasteiger partial charge in [0.2, 0.25) is 11.8 Å². The Kier molecular flexibility index (Phi) is 5.11. The van der Waals surface area contributed by atoms with Crippen LogP contribution in [-0.2, 0) is 17.6 Å². The van der Waals surface area contributed by atoms with Crippen LogP contribution in [0.5, 0.6) is 5.88 Å². The number of aryl methyl sites for hydroxylation is 1. The maximum Gasteiger partial charge on any atom is 0.231 e. The zero-order valence-corrected chi connectivity index (χ0v) is 16.6. The number of ether oxygens (including phenoxy) is 1. The fraction of sp³-hybridized carbons (Fsp3) is 0.350. The van der Waals surface area contributed by atoms with Crippen LogP contribution in [0.15, 0.2) is 30.3 Å². The van der Waals surface area contributed by atoms with Gasteiger partial charge in [-0.2, -0.15) is 4.52 Å². The number of benzene rings is 1. The second kappa shape index (κ2) is 7.86. The van der Waals surface area contributed by atoms with Crippen molar-refractivity contribution < 1.29 is 9.53 Å². The molecule has 3 heterocycles. The van der Waals surface area contributed by atoms with Crippen molar-refractivity contribution in [2.75, 3.05) is 12.4 Å². The van der Waals surface area contributed by atoms with Crippen LogP contribution in [0.2, 0.25) is 0 Å². The first-order valence-electron chi connectivity index (χ1n) is 9.55. The smallest absolute Gasteiger partial charge is 0.231 e. The molecule has 0 aliphatic heterocycles. The van der Waals surface area contributed by atoms with E-state index in [1.165, 1.54) is 0 Å². The lowest BCUT2D eigenvalue weighted by Crippen LogP contribution is -2.13. The Balaban J connectivity index is 1.42. The summed E-state index contributed by atoms with van der Waals surface area (Å²) in [6.07, 6.45) is 1.57. The zero-order valence-electron chi connectivity index (χ0n) is 16.6. The molecule has 150 valence electrons. The van der Waals surface area contributed by atoms with Gasteiger partial charge in [-0.05, 0) is 30.2 Å². The van der Waals surface area contributed by atoms with Crippen molar-refractivity contribution in [3.8, 4) is 5.88 Å². The first-order valence-corrected chi connectivity index (χ1v) is 9.55. The van der Waals surface area contributed by atoms with Gasteiger partial charge in [0, 0.05) is 31.0 Å². The van der Waals surface area contributed by atoms with Crippen LogP contribution in [0.3, 0.4) is 0 Å². The number of anilines is 1. The molecule has 2 N–H and O–H groups in total. The quantitative estimate of drug-likeness (QED) is 0.500. The van der Waals surface area contributed by atoms with Crippen LogP contribution in [0.25, 0.3) is 16.7 Å². The van der Waals surface area contributed by atoms with Crippen LogP contribution in [0, 0.1) is 5.92 Å². The average molecular weight is 393 g/mol. The fourth-order valence-electron chi connectivity index (χ4n) is 3.15. The number of carbonyl (C=O) groups excluding carboxylic acids is 1. The molecule has 0 bridgehead atoms. The van der Waals surface area contributed by atoms with Crippen LogP contribution in [0.4, 0.5) is 5.69 Å². The maximum atomic E-state index is 12.4. The number of hydrogen-bond acceptors (Lipinski definition) is 6. The lowest BCUT2D eigenvalue weighted by atomic mass is 10.1. The van der Waals surface area contributed by atoms with Crippen molar-refractivity contribution in [2.45, 2.75) is 33.1 Å². The molecule has 0 saturated heterocycles. The molecule has 0 aliphatic carbocycles. The second-order valence-corrected chi connectivity index (χ2v) is 7.32. The van der Waals surface area contributed by atoms with Gasteiger partial charge in [0.05, 0.1) is 18.1 Å². The molecule has 0 fully saturated rings. The van der Waals surface area contributed by atoms with E-state index in [1.54, 1.807) is 23.8 Å². The lowest BCUT2D eigenvalue weighted by Gasteiger charge is -2.05. The molecule has 9 heteroatoms. The highest BCUT2D eigenvalue weighted by molar-refractivity contribution is 5.93. The fourth-order valence-corrected chi connectivity index (χ4v) is 3.15. The number of nitrogens with one attached hydrogen (secondary N) is 2. The van der Waals surface area contributed by atoms with Crippen LogP contribution in [0.1, 0.15) is 31.9 Å². The summed E-state index contributed by atoms with van der Waals surface area (Å²) >= 11 is 0. The van der Waals surface area contributed by atoms with Crippen molar-refractivity contribution in [3.05, 3.63) is 42.0 Å². The van der Waals surface area contributed by atoms with Gasteiger partial charge in [-0.3, -0.25) is 4.79 Å². The summed E-state index contributed by atoms with van der Waals surface area (Å²) in [6.45, 7) is 4.31. The van der Waals surface area contributed by atoms with E-state index >= 15 is 0 Å². The molecule has 0 atom stereocenters. The molecule has 1 aromatic carbocycles. The topological polar surface area (TPSA) is 110 Å². The van der Waals surface area contributed by atoms with Crippen molar-refractivity contribution in [1.29, 1.82) is 0 Å². The Labute approximate surface area is 167 Å². The summed E-state index contributed by atoms with van der Waals surface area (Å²) in [6, 6.07) is 9.17. The normalized spacial score (nSPS) is 11.4. The SMILES string of the molecule is COc1ccc2nnc(CCC(=O)Nc3ccc4nc(CC(C)C)[nH]c4c3)n2n1. The monoisotopic (exact) mass is 393 g/mol. The third kappa shape index (κ3) is 4.18. The first-order chi connectivity index (χ1) is 14.0. The van der Waals surface area contributed by atoms with Gasteiger partial charge in [-0.1, -0.05) is 13.8 Å². The summed E-state index contributed by atoms with van der Waals surface area (Å²) in [5.74, 6) is 2.45. The van der Waals surface area contributed by atoms with Gasteiger partial charge in [0.1, 0.15) is 5.82 Å². The standard InChI is InChI=1S/C20H23N7O2/c1-12(2)10-16-22-14-5-4-13(11-15(14)23-16)21-19(28)8-6-17-24-25-18-7-9-20(29-3)26-27(17)18/h4-5,7,9,11-12H,6,8,10H2,1-3H3,(H,21,28)(H,22,23). The Morgan fingerprint density at radius 2 is 2.10 bits per heavy atom. The van der Waals surface area contributed by atoms with E-state index in [4.69, 9.17) is 4.74 Å². The number of methoxy groups -OCH3 is 1. The molecule has 3 aromatic heterocycles. The zero-order chi connectivity index (χ0) is 20.4. The minimum absolute atomic E-state index is 0.106. The number of fused-ring (bicyclic) bond motifs is 2. The summed E-state index contributed by atoms with van der Waals surface area (Å²) < 4.78 is 6.73. The predicted octanol–water partition coefficient (Wildman–Crippen LogP) is 2.78. The Bertz CT molecular complexity index is 1160. The van der Waals surface area contributed by atoms with Crippen molar-refractivity contribution in [1.82, 2.24) is 29.8 Å². The van der Waals surface area contributed by atoms with E-state index in [1.807, 2.05) is 18.2 Å². The van der Waals surface area contributed by atoms with E-state index < -0.39 is 0 Å². The molecule has 0 spiro atoms. The van der Waals surface area contributed by atoms with Gasteiger partial charge < -0.3 is 15.0 Å². The molecule has 4 aromatic rings. The number of aromatic amines is 1. The van der Waals surface area contributed by atoms with Crippen LogP contribution in [-0.4, -0.2) is 42.8 Å². The highest BCUT2D eigenvalue weighted by Gasteiger charge is 2.12. The Morgan fingerprint density at radius 3 is 2.90 bits per heavy atom. The number of nitrogens with zero attached hydrogens (tertiary/aromatic N) is 5. The number of imidazole rings is 1.